The number of benzene rings is 1. The van der Waals surface area contributed by atoms with Crippen LogP contribution in [0.15, 0.2) is 22.7 Å². The number of rotatable bonds is 3. The standard InChI is InChI=1S/C11H10BrClN2O/c1-2-15(6-5-14)11(16)9-4-3-8(12)7-10(9)13/h3-4,7H,2,6H2,1H3. The van der Waals surface area contributed by atoms with Gasteiger partial charge in [0.05, 0.1) is 16.7 Å². The molecule has 0 radical (unpaired) electrons. The molecular weight excluding hydrogens is 291 g/mol. The summed E-state index contributed by atoms with van der Waals surface area (Å²) >= 11 is 9.23. The largest absolute Gasteiger partial charge is 0.326 e. The lowest BCUT2D eigenvalue weighted by Gasteiger charge is -2.17. The highest BCUT2D eigenvalue weighted by Crippen LogP contribution is 2.22. The van der Waals surface area contributed by atoms with Crippen molar-refractivity contribution in [2.24, 2.45) is 0 Å². The monoisotopic (exact) mass is 300 g/mol. The van der Waals surface area contributed by atoms with Crippen molar-refractivity contribution < 1.29 is 4.79 Å². The summed E-state index contributed by atoms with van der Waals surface area (Å²) in [5, 5.41) is 8.98. The summed E-state index contributed by atoms with van der Waals surface area (Å²) in [5.41, 5.74) is 0.418. The number of amides is 1. The fourth-order valence-corrected chi connectivity index (χ4v) is 2.00. The van der Waals surface area contributed by atoms with Crippen molar-refractivity contribution in [1.82, 2.24) is 4.90 Å². The van der Waals surface area contributed by atoms with Crippen molar-refractivity contribution in [2.75, 3.05) is 13.1 Å². The molecule has 0 fully saturated rings. The first kappa shape index (κ1) is 13.0. The Morgan fingerprint density at radius 3 is 2.81 bits per heavy atom. The van der Waals surface area contributed by atoms with E-state index in [1.165, 1.54) is 4.90 Å². The molecule has 1 rings (SSSR count). The second-order valence-corrected chi connectivity index (χ2v) is 4.42. The molecule has 0 bridgehead atoms. The van der Waals surface area contributed by atoms with Crippen LogP contribution in [0.4, 0.5) is 0 Å². The van der Waals surface area contributed by atoms with Gasteiger partial charge in [-0.05, 0) is 25.1 Å². The van der Waals surface area contributed by atoms with Crippen molar-refractivity contribution >= 4 is 33.4 Å². The van der Waals surface area contributed by atoms with E-state index in [4.69, 9.17) is 16.9 Å². The summed E-state index contributed by atoms with van der Waals surface area (Å²) in [4.78, 5) is 13.4. The van der Waals surface area contributed by atoms with Crippen molar-refractivity contribution in [3.8, 4) is 6.07 Å². The number of halogens is 2. The van der Waals surface area contributed by atoms with Gasteiger partial charge in [0.25, 0.3) is 5.91 Å². The molecule has 0 spiro atoms. The second kappa shape index (κ2) is 5.88. The van der Waals surface area contributed by atoms with Crippen molar-refractivity contribution in [1.29, 1.82) is 5.26 Å². The van der Waals surface area contributed by atoms with E-state index in [2.05, 4.69) is 15.9 Å². The minimum Gasteiger partial charge on any atom is -0.326 e. The second-order valence-electron chi connectivity index (χ2n) is 3.10. The Morgan fingerprint density at radius 1 is 1.62 bits per heavy atom. The lowest BCUT2D eigenvalue weighted by Crippen LogP contribution is -2.31. The zero-order chi connectivity index (χ0) is 12.1. The third-order valence-electron chi connectivity index (χ3n) is 2.09. The molecule has 0 saturated heterocycles. The average Bonchev–Trinajstić information content (AvgIpc) is 2.25. The van der Waals surface area contributed by atoms with Crippen LogP contribution in [0.3, 0.4) is 0 Å². The van der Waals surface area contributed by atoms with E-state index in [9.17, 15) is 4.79 Å². The van der Waals surface area contributed by atoms with Gasteiger partial charge in [0.15, 0.2) is 0 Å². The maximum Gasteiger partial charge on any atom is 0.256 e. The molecule has 0 N–H and O–H groups in total. The molecular formula is C11H10BrClN2O. The van der Waals surface area contributed by atoms with E-state index in [0.29, 0.717) is 17.1 Å². The number of hydrogen-bond donors (Lipinski definition) is 0. The van der Waals surface area contributed by atoms with Crippen LogP contribution in [-0.2, 0) is 0 Å². The average molecular weight is 302 g/mol. The lowest BCUT2D eigenvalue weighted by atomic mass is 10.2. The molecule has 1 aromatic rings. The zero-order valence-corrected chi connectivity index (χ0v) is 11.0. The Labute approximate surface area is 108 Å². The number of nitriles is 1. The van der Waals surface area contributed by atoms with E-state index in [-0.39, 0.29) is 12.5 Å². The van der Waals surface area contributed by atoms with E-state index < -0.39 is 0 Å². The lowest BCUT2D eigenvalue weighted by molar-refractivity contribution is 0.0784. The van der Waals surface area contributed by atoms with Gasteiger partial charge in [-0.1, -0.05) is 27.5 Å². The molecule has 0 saturated carbocycles. The maximum absolute atomic E-state index is 12.0. The van der Waals surface area contributed by atoms with Crippen LogP contribution in [0.5, 0.6) is 0 Å². The molecule has 0 atom stereocenters. The normalized spacial score (nSPS) is 9.62. The number of carbonyl (C=O) groups is 1. The molecule has 84 valence electrons. The van der Waals surface area contributed by atoms with Gasteiger partial charge in [-0.15, -0.1) is 0 Å². The summed E-state index contributed by atoms with van der Waals surface area (Å²) in [7, 11) is 0. The van der Waals surface area contributed by atoms with Crippen LogP contribution in [-0.4, -0.2) is 23.9 Å². The summed E-state index contributed by atoms with van der Waals surface area (Å²) in [6.45, 7) is 2.38. The summed E-state index contributed by atoms with van der Waals surface area (Å²) < 4.78 is 0.817. The Morgan fingerprint density at radius 2 is 2.31 bits per heavy atom. The van der Waals surface area contributed by atoms with Crippen LogP contribution in [0.2, 0.25) is 5.02 Å². The van der Waals surface area contributed by atoms with Gasteiger partial charge in [0, 0.05) is 11.0 Å². The van der Waals surface area contributed by atoms with Gasteiger partial charge >= 0.3 is 0 Å². The molecule has 0 aliphatic heterocycles. The van der Waals surface area contributed by atoms with Gasteiger partial charge in [-0.2, -0.15) is 5.26 Å². The van der Waals surface area contributed by atoms with Crippen LogP contribution in [0.1, 0.15) is 17.3 Å². The zero-order valence-electron chi connectivity index (χ0n) is 8.70. The highest BCUT2D eigenvalue weighted by Gasteiger charge is 2.16. The Hall–Kier alpha value is -1.05. The number of carbonyl (C=O) groups excluding carboxylic acids is 1. The third kappa shape index (κ3) is 2.97. The first-order valence-corrected chi connectivity index (χ1v) is 5.88. The maximum atomic E-state index is 12.0. The molecule has 1 aromatic carbocycles. The topological polar surface area (TPSA) is 44.1 Å². The Bertz CT molecular complexity index is 442. The molecule has 0 aliphatic rings. The quantitative estimate of drug-likeness (QED) is 0.805. The smallest absolute Gasteiger partial charge is 0.256 e. The van der Waals surface area contributed by atoms with Crippen LogP contribution < -0.4 is 0 Å². The van der Waals surface area contributed by atoms with Gasteiger partial charge < -0.3 is 4.90 Å². The predicted molar refractivity (Wildman–Crippen MR) is 66.3 cm³/mol. The first-order valence-electron chi connectivity index (χ1n) is 4.71. The van der Waals surface area contributed by atoms with E-state index in [1.807, 2.05) is 13.0 Å². The molecule has 0 heterocycles. The number of hydrogen-bond acceptors (Lipinski definition) is 2. The van der Waals surface area contributed by atoms with E-state index in [1.54, 1.807) is 18.2 Å². The number of nitrogens with zero attached hydrogens (tertiary/aromatic N) is 2. The summed E-state index contributed by atoms with van der Waals surface area (Å²) in [5.74, 6) is -0.221. The van der Waals surface area contributed by atoms with Crippen molar-refractivity contribution in [2.45, 2.75) is 6.92 Å². The van der Waals surface area contributed by atoms with E-state index >= 15 is 0 Å². The molecule has 0 unspecified atom stereocenters. The van der Waals surface area contributed by atoms with Crippen LogP contribution in [0.25, 0.3) is 0 Å². The summed E-state index contributed by atoms with van der Waals surface area (Å²) in [6, 6.07) is 7.01. The third-order valence-corrected chi connectivity index (χ3v) is 2.90. The van der Waals surface area contributed by atoms with Crippen molar-refractivity contribution in [3.63, 3.8) is 0 Å². The molecule has 1 amide bonds. The molecule has 16 heavy (non-hydrogen) atoms. The van der Waals surface area contributed by atoms with E-state index in [0.717, 1.165) is 4.47 Å². The van der Waals surface area contributed by atoms with Gasteiger partial charge in [-0.3, -0.25) is 4.79 Å². The Kier molecular flexibility index (Phi) is 4.78. The fraction of sp³-hybridized carbons (Fsp3) is 0.273. The SMILES string of the molecule is CCN(CC#N)C(=O)c1ccc(Br)cc1Cl. The predicted octanol–water partition coefficient (Wildman–Crippen LogP) is 3.09. The first-order chi connectivity index (χ1) is 7.60. The summed E-state index contributed by atoms with van der Waals surface area (Å²) in [6.07, 6.45) is 0. The van der Waals surface area contributed by atoms with Crippen molar-refractivity contribution in [3.05, 3.63) is 33.3 Å². The fourth-order valence-electron chi connectivity index (χ4n) is 1.25. The molecule has 5 heteroatoms. The van der Waals surface area contributed by atoms with Gasteiger partial charge in [0.1, 0.15) is 6.54 Å². The minimum atomic E-state index is -0.221. The van der Waals surface area contributed by atoms with Gasteiger partial charge in [0.2, 0.25) is 0 Å². The Balaban J connectivity index is 3.00. The molecule has 0 aliphatic carbocycles. The molecule has 0 aromatic heterocycles. The molecule has 3 nitrogen and oxygen atoms in total. The van der Waals surface area contributed by atoms with Crippen LogP contribution >= 0.6 is 27.5 Å². The minimum absolute atomic E-state index is 0.0712. The highest BCUT2D eigenvalue weighted by atomic mass is 79.9. The highest BCUT2D eigenvalue weighted by molar-refractivity contribution is 9.10. The van der Waals surface area contributed by atoms with Gasteiger partial charge in [-0.25, -0.2) is 0 Å². The van der Waals surface area contributed by atoms with Crippen LogP contribution in [0, 0.1) is 11.3 Å².